The Hall–Kier alpha value is -0.170. The van der Waals surface area contributed by atoms with Crippen LogP contribution in [0.4, 0.5) is 13.2 Å². The van der Waals surface area contributed by atoms with E-state index < -0.39 is 18.0 Å². The summed E-state index contributed by atoms with van der Waals surface area (Å²) in [6.45, 7) is 0. The smallest absolute Gasteiger partial charge is 0.171 e. The van der Waals surface area contributed by atoms with E-state index in [4.69, 9.17) is 0 Å². The Kier molecular flexibility index (Phi) is 3.53. The fourth-order valence-electron chi connectivity index (χ4n) is 2.18. The number of rotatable bonds is 1. The zero-order valence-electron chi connectivity index (χ0n) is 8.30. The molecular formula is C9H10BrF3N2S. The van der Waals surface area contributed by atoms with E-state index in [1.807, 2.05) is 0 Å². The molecule has 2 rings (SSSR count). The summed E-state index contributed by atoms with van der Waals surface area (Å²) < 4.78 is 39.0. The largest absolute Gasteiger partial charge is 0.392 e. The predicted octanol–water partition coefficient (Wildman–Crippen LogP) is 4.14. The van der Waals surface area contributed by atoms with E-state index in [0.29, 0.717) is 21.8 Å². The molecule has 0 aromatic carbocycles. The lowest BCUT2D eigenvalue weighted by Gasteiger charge is -2.31. The highest BCUT2D eigenvalue weighted by Gasteiger charge is 2.47. The molecule has 2 unspecified atom stereocenters. The van der Waals surface area contributed by atoms with Gasteiger partial charge in [-0.15, -0.1) is 10.2 Å². The van der Waals surface area contributed by atoms with Crippen LogP contribution < -0.4 is 0 Å². The van der Waals surface area contributed by atoms with Gasteiger partial charge in [-0.2, -0.15) is 13.2 Å². The third-order valence-electron chi connectivity index (χ3n) is 2.92. The van der Waals surface area contributed by atoms with Crippen LogP contribution >= 0.6 is 27.3 Å². The van der Waals surface area contributed by atoms with Crippen molar-refractivity contribution in [1.82, 2.24) is 10.2 Å². The molecule has 1 saturated carbocycles. The van der Waals surface area contributed by atoms with Crippen molar-refractivity contribution in [3.8, 4) is 0 Å². The Bertz CT molecular complexity index is 366. The molecule has 0 aliphatic heterocycles. The minimum atomic E-state index is -4.12. The molecule has 90 valence electrons. The number of alkyl halides is 3. The number of hydrogen-bond acceptors (Lipinski definition) is 3. The molecule has 0 bridgehead atoms. The first kappa shape index (κ1) is 12.3. The van der Waals surface area contributed by atoms with Crippen LogP contribution in [0, 0.1) is 5.92 Å². The van der Waals surface area contributed by atoms with Gasteiger partial charge in [0.15, 0.2) is 3.92 Å². The van der Waals surface area contributed by atoms with Crippen molar-refractivity contribution in [2.45, 2.75) is 37.8 Å². The maximum Gasteiger partial charge on any atom is 0.392 e. The molecule has 0 spiro atoms. The van der Waals surface area contributed by atoms with Gasteiger partial charge in [-0.25, -0.2) is 0 Å². The van der Waals surface area contributed by atoms with E-state index in [-0.39, 0.29) is 6.42 Å². The van der Waals surface area contributed by atoms with Gasteiger partial charge in [0, 0.05) is 5.92 Å². The average Bonchev–Trinajstić information content (AvgIpc) is 2.64. The maximum absolute atomic E-state index is 12.8. The summed E-state index contributed by atoms with van der Waals surface area (Å²) in [5, 5.41) is 8.06. The van der Waals surface area contributed by atoms with E-state index in [0.717, 1.165) is 6.42 Å². The zero-order chi connectivity index (χ0) is 11.8. The van der Waals surface area contributed by atoms with Gasteiger partial charge in [0.2, 0.25) is 0 Å². The lowest BCUT2D eigenvalue weighted by Crippen LogP contribution is -2.31. The molecule has 1 fully saturated rings. The first-order chi connectivity index (χ1) is 7.48. The average molecular weight is 315 g/mol. The molecule has 0 radical (unpaired) electrons. The predicted molar refractivity (Wildman–Crippen MR) is 58.4 cm³/mol. The van der Waals surface area contributed by atoms with E-state index in [9.17, 15) is 13.2 Å². The Balaban J connectivity index is 2.23. The monoisotopic (exact) mass is 314 g/mol. The van der Waals surface area contributed by atoms with Crippen molar-refractivity contribution in [3.05, 3.63) is 8.92 Å². The van der Waals surface area contributed by atoms with Gasteiger partial charge in [0.1, 0.15) is 5.01 Å². The second kappa shape index (κ2) is 4.60. The highest BCUT2D eigenvalue weighted by atomic mass is 79.9. The SMILES string of the molecule is FC(F)(F)C1CCCCC1c1nnc(Br)s1. The minimum absolute atomic E-state index is 0.214. The quantitative estimate of drug-likeness (QED) is 0.778. The number of aromatic nitrogens is 2. The van der Waals surface area contributed by atoms with Gasteiger partial charge < -0.3 is 0 Å². The van der Waals surface area contributed by atoms with Crippen molar-refractivity contribution in [2.24, 2.45) is 5.92 Å². The van der Waals surface area contributed by atoms with E-state index >= 15 is 0 Å². The highest BCUT2D eigenvalue weighted by molar-refractivity contribution is 9.11. The van der Waals surface area contributed by atoms with Crippen LogP contribution in [0.3, 0.4) is 0 Å². The topological polar surface area (TPSA) is 25.8 Å². The first-order valence-corrected chi connectivity index (χ1v) is 6.65. The number of hydrogen-bond donors (Lipinski definition) is 0. The van der Waals surface area contributed by atoms with E-state index in [1.165, 1.54) is 11.3 Å². The van der Waals surface area contributed by atoms with Gasteiger partial charge >= 0.3 is 6.18 Å². The van der Waals surface area contributed by atoms with Crippen molar-refractivity contribution >= 4 is 27.3 Å². The molecule has 0 N–H and O–H groups in total. The summed E-state index contributed by atoms with van der Waals surface area (Å²) >= 11 is 4.34. The second-order valence-corrected chi connectivity index (χ2v) is 6.22. The normalized spacial score (nSPS) is 27.0. The fraction of sp³-hybridized carbons (Fsp3) is 0.778. The van der Waals surface area contributed by atoms with Gasteiger partial charge in [0.25, 0.3) is 0 Å². The lowest BCUT2D eigenvalue weighted by molar-refractivity contribution is -0.187. The van der Waals surface area contributed by atoms with Crippen molar-refractivity contribution in [1.29, 1.82) is 0 Å². The van der Waals surface area contributed by atoms with Gasteiger partial charge in [0.05, 0.1) is 5.92 Å². The Labute approximate surface area is 103 Å². The summed E-state index contributed by atoms with van der Waals surface area (Å²) in [7, 11) is 0. The summed E-state index contributed by atoms with van der Waals surface area (Å²) in [6, 6.07) is 0. The maximum atomic E-state index is 12.8. The van der Waals surface area contributed by atoms with E-state index in [2.05, 4.69) is 26.1 Å². The molecule has 7 heteroatoms. The molecule has 0 amide bonds. The Morgan fingerprint density at radius 1 is 1.19 bits per heavy atom. The van der Waals surface area contributed by atoms with Crippen LogP contribution in [0.15, 0.2) is 3.92 Å². The van der Waals surface area contributed by atoms with Crippen molar-refractivity contribution in [2.75, 3.05) is 0 Å². The summed E-state index contributed by atoms with van der Waals surface area (Å²) in [5.41, 5.74) is 0. The molecule has 2 atom stereocenters. The Morgan fingerprint density at radius 3 is 2.44 bits per heavy atom. The molecule has 1 aliphatic rings. The van der Waals surface area contributed by atoms with Crippen LogP contribution in [0.25, 0.3) is 0 Å². The zero-order valence-corrected chi connectivity index (χ0v) is 10.7. The van der Waals surface area contributed by atoms with Gasteiger partial charge in [-0.05, 0) is 28.8 Å². The summed E-state index contributed by atoms with van der Waals surface area (Å²) in [4.78, 5) is 0. The molecular weight excluding hydrogens is 305 g/mol. The molecule has 1 aliphatic carbocycles. The second-order valence-electron chi connectivity index (χ2n) is 3.93. The number of halogens is 4. The first-order valence-electron chi connectivity index (χ1n) is 5.04. The molecule has 1 aromatic heterocycles. The molecule has 1 aromatic rings. The van der Waals surface area contributed by atoms with Crippen LogP contribution in [0.2, 0.25) is 0 Å². The number of nitrogens with zero attached hydrogens (tertiary/aromatic N) is 2. The van der Waals surface area contributed by atoms with Gasteiger partial charge in [-0.3, -0.25) is 0 Å². The minimum Gasteiger partial charge on any atom is -0.171 e. The Morgan fingerprint density at radius 2 is 1.88 bits per heavy atom. The van der Waals surface area contributed by atoms with Crippen LogP contribution in [-0.4, -0.2) is 16.4 Å². The summed E-state index contributed by atoms with van der Waals surface area (Å²) in [5.74, 6) is -1.75. The lowest BCUT2D eigenvalue weighted by atomic mass is 9.79. The third kappa shape index (κ3) is 2.56. The molecule has 2 nitrogen and oxygen atoms in total. The van der Waals surface area contributed by atoms with E-state index in [1.54, 1.807) is 0 Å². The standard InChI is InChI=1S/C9H10BrF3N2S/c10-8-15-14-7(16-8)5-3-1-2-4-6(5)9(11,12)13/h5-6H,1-4H2. The molecule has 1 heterocycles. The van der Waals surface area contributed by atoms with Crippen molar-refractivity contribution < 1.29 is 13.2 Å². The highest BCUT2D eigenvalue weighted by Crippen LogP contribution is 2.47. The van der Waals surface area contributed by atoms with Gasteiger partial charge in [-0.1, -0.05) is 24.2 Å². The van der Waals surface area contributed by atoms with Crippen molar-refractivity contribution in [3.63, 3.8) is 0 Å². The summed E-state index contributed by atoms with van der Waals surface area (Å²) in [6.07, 6.45) is -1.85. The fourth-order valence-corrected chi connectivity index (χ4v) is 3.53. The molecule has 16 heavy (non-hydrogen) atoms. The van der Waals surface area contributed by atoms with Crippen LogP contribution in [0.5, 0.6) is 0 Å². The molecule has 0 saturated heterocycles. The van der Waals surface area contributed by atoms with Crippen LogP contribution in [0.1, 0.15) is 36.6 Å². The third-order valence-corrected chi connectivity index (χ3v) is 4.41. The van der Waals surface area contributed by atoms with Crippen LogP contribution in [-0.2, 0) is 0 Å².